The molecule has 0 unspecified atom stereocenters. The van der Waals surface area contributed by atoms with Crippen LogP contribution in [0.2, 0.25) is 0 Å². The Hall–Kier alpha value is -2.18. The fourth-order valence-electron chi connectivity index (χ4n) is 1.33. The van der Waals surface area contributed by atoms with Crippen LogP contribution < -0.4 is 5.73 Å². The van der Waals surface area contributed by atoms with E-state index in [1.165, 1.54) is 6.07 Å². The van der Waals surface area contributed by atoms with Gasteiger partial charge in [-0.1, -0.05) is 5.16 Å². The number of nitrogen functional groups attached to an aromatic ring is 1. The van der Waals surface area contributed by atoms with Gasteiger partial charge in [-0.3, -0.25) is 0 Å². The minimum atomic E-state index is -4.49. The van der Waals surface area contributed by atoms with Crippen LogP contribution in [0.4, 0.5) is 19.1 Å². The first-order valence-electron chi connectivity index (χ1n) is 4.50. The Bertz CT molecular complexity index is 549. The van der Waals surface area contributed by atoms with Crippen LogP contribution in [0.5, 0.6) is 5.75 Å². The molecule has 90 valence electrons. The van der Waals surface area contributed by atoms with Crippen molar-refractivity contribution < 1.29 is 22.8 Å². The Balaban J connectivity index is 2.54. The van der Waals surface area contributed by atoms with Gasteiger partial charge in [0.15, 0.2) is 0 Å². The van der Waals surface area contributed by atoms with E-state index < -0.39 is 11.7 Å². The van der Waals surface area contributed by atoms with Gasteiger partial charge < -0.3 is 15.4 Å². The Kier molecular flexibility index (Phi) is 2.45. The minimum absolute atomic E-state index is 0.0446. The van der Waals surface area contributed by atoms with Crippen molar-refractivity contribution in [3.05, 3.63) is 29.8 Å². The number of hydrogen-bond acceptors (Lipinski definition) is 4. The van der Waals surface area contributed by atoms with Gasteiger partial charge in [-0.15, -0.1) is 0 Å². The standard InChI is InChI=1S/C10H7F3N2O2/c11-10(12,13)5-1-2-8(16)6(3-5)7-4-9(14)17-15-7/h1-4,16H,14H2. The van der Waals surface area contributed by atoms with Crippen molar-refractivity contribution in [3.63, 3.8) is 0 Å². The first-order chi connectivity index (χ1) is 7.88. The highest BCUT2D eigenvalue weighted by molar-refractivity contribution is 5.69. The topological polar surface area (TPSA) is 72.3 Å². The van der Waals surface area contributed by atoms with E-state index in [1.54, 1.807) is 0 Å². The van der Waals surface area contributed by atoms with Crippen LogP contribution in [-0.2, 0) is 6.18 Å². The van der Waals surface area contributed by atoms with Crippen molar-refractivity contribution in [2.24, 2.45) is 0 Å². The number of halogens is 3. The molecule has 0 radical (unpaired) electrons. The molecular weight excluding hydrogens is 237 g/mol. The lowest BCUT2D eigenvalue weighted by Gasteiger charge is -2.08. The molecule has 0 aliphatic heterocycles. The Morgan fingerprint density at radius 1 is 1.24 bits per heavy atom. The summed E-state index contributed by atoms with van der Waals surface area (Å²) in [5.41, 5.74) is 4.34. The maximum atomic E-state index is 12.5. The Morgan fingerprint density at radius 2 is 1.94 bits per heavy atom. The highest BCUT2D eigenvalue weighted by atomic mass is 19.4. The lowest BCUT2D eigenvalue weighted by atomic mass is 10.1. The maximum Gasteiger partial charge on any atom is 0.416 e. The number of benzene rings is 1. The smallest absolute Gasteiger partial charge is 0.416 e. The van der Waals surface area contributed by atoms with Crippen LogP contribution in [-0.4, -0.2) is 10.3 Å². The van der Waals surface area contributed by atoms with Gasteiger partial charge in [0, 0.05) is 11.6 Å². The zero-order valence-electron chi connectivity index (χ0n) is 8.32. The molecule has 0 saturated carbocycles. The molecule has 0 spiro atoms. The van der Waals surface area contributed by atoms with E-state index in [-0.39, 0.29) is 22.9 Å². The van der Waals surface area contributed by atoms with Crippen molar-refractivity contribution in [2.45, 2.75) is 6.18 Å². The third-order valence-electron chi connectivity index (χ3n) is 2.13. The molecule has 1 aromatic carbocycles. The summed E-state index contributed by atoms with van der Waals surface area (Å²) in [5.74, 6) is -0.372. The number of nitrogens with two attached hydrogens (primary N) is 1. The van der Waals surface area contributed by atoms with Crippen LogP contribution >= 0.6 is 0 Å². The molecule has 0 saturated heterocycles. The molecule has 17 heavy (non-hydrogen) atoms. The number of alkyl halides is 3. The summed E-state index contributed by atoms with van der Waals surface area (Å²) in [6, 6.07) is 3.74. The summed E-state index contributed by atoms with van der Waals surface area (Å²) in [7, 11) is 0. The highest BCUT2D eigenvalue weighted by Crippen LogP contribution is 2.36. The van der Waals surface area contributed by atoms with Gasteiger partial charge in [0.1, 0.15) is 11.4 Å². The molecule has 0 amide bonds. The van der Waals surface area contributed by atoms with Crippen LogP contribution in [0.15, 0.2) is 28.8 Å². The van der Waals surface area contributed by atoms with E-state index in [9.17, 15) is 18.3 Å². The van der Waals surface area contributed by atoms with Crippen molar-refractivity contribution in [1.29, 1.82) is 0 Å². The zero-order valence-corrected chi connectivity index (χ0v) is 8.32. The van der Waals surface area contributed by atoms with Crippen molar-refractivity contribution in [2.75, 3.05) is 5.73 Å². The quantitative estimate of drug-likeness (QED) is 0.808. The summed E-state index contributed by atoms with van der Waals surface area (Å²) in [6.45, 7) is 0. The molecule has 4 nitrogen and oxygen atoms in total. The fraction of sp³-hybridized carbons (Fsp3) is 0.100. The first kappa shape index (κ1) is 11.3. The van der Waals surface area contributed by atoms with Gasteiger partial charge in [0.2, 0.25) is 5.88 Å². The van der Waals surface area contributed by atoms with Gasteiger partial charge in [-0.25, -0.2) is 0 Å². The molecule has 0 bridgehead atoms. The zero-order chi connectivity index (χ0) is 12.6. The molecule has 0 aliphatic rings. The number of nitrogens with zero attached hydrogens (tertiary/aromatic N) is 1. The monoisotopic (exact) mass is 244 g/mol. The third kappa shape index (κ3) is 2.17. The summed E-state index contributed by atoms with van der Waals surface area (Å²) >= 11 is 0. The predicted molar refractivity (Wildman–Crippen MR) is 53.0 cm³/mol. The van der Waals surface area contributed by atoms with Crippen LogP contribution in [0.1, 0.15) is 5.56 Å². The van der Waals surface area contributed by atoms with Gasteiger partial charge in [0.25, 0.3) is 0 Å². The average Bonchev–Trinajstić information content (AvgIpc) is 2.63. The number of aromatic nitrogens is 1. The summed E-state index contributed by atoms with van der Waals surface area (Å²) in [6.07, 6.45) is -4.49. The fourth-order valence-corrected chi connectivity index (χ4v) is 1.33. The van der Waals surface area contributed by atoms with E-state index in [2.05, 4.69) is 9.68 Å². The minimum Gasteiger partial charge on any atom is -0.507 e. The van der Waals surface area contributed by atoms with Crippen molar-refractivity contribution >= 4 is 5.88 Å². The molecule has 0 aliphatic carbocycles. The summed E-state index contributed by atoms with van der Waals surface area (Å²) in [5, 5.41) is 12.9. The van der Waals surface area contributed by atoms with E-state index in [0.717, 1.165) is 18.2 Å². The normalized spacial score (nSPS) is 11.7. The van der Waals surface area contributed by atoms with Crippen LogP contribution in [0.25, 0.3) is 11.3 Å². The van der Waals surface area contributed by atoms with E-state index in [1.807, 2.05) is 0 Å². The molecule has 0 atom stereocenters. The van der Waals surface area contributed by atoms with Gasteiger partial charge in [-0.05, 0) is 18.2 Å². The molecule has 7 heteroatoms. The highest BCUT2D eigenvalue weighted by Gasteiger charge is 2.31. The number of hydrogen-bond donors (Lipinski definition) is 2. The van der Waals surface area contributed by atoms with E-state index >= 15 is 0 Å². The number of phenolic OH excluding ortho intramolecular Hbond substituents is 1. The Morgan fingerprint density at radius 3 is 2.47 bits per heavy atom. The maximum absolute atomic E-state index is 12.5. The number of aromatic hydroxyl groups is 1. The number of anilines is 1. The number of rotatable bonds is 1. The van der Waals surface area contributed by atoms with E-state index in [4.69, 9.17) is 5.73 Å². The largest absolute Gasteiger partial charge is 0.507 e. The van der Waals surface area contributed by atoms with Crippen molar-refractivity contribution in [3.8, 4) is 17.0 Å². The number of phenols is 1. The SMILES string of the molecule is Nc1cc(-c2cc(C(F)(F)F)ccc2O)no1. The van der Waals surface area contributed by atoms with E-state index in [0.29, 0.717) is 0 Å². The van der Waals surface area contributed by atoms with Crippen LogP contribution in [0.3, 0.4) is 0 Å². The van der Waals surface area contributed by atoms with Crippen molar-refractivity contribution in [1.82, 2.24) is 5.16 Å². The summed E-state index contributed by atoms with van der Waals surface area (Å²) in [4.78, 5) is 0. The second-order valence-corrected chi connectivity index (χ2v) is 3.34. The van der Waals surface area contributed by atoms with Gasteiger partial charge in [0.05, 0.1) is 5.56 Å². The predicted octanol–water partition coefficient (Wildman–Crippen LogP) is 2.65. The Labute approximate surface area is 93.4 Å². The first-order valence-corrected chi connectivity index (χ1v) is 4.50. The molecule has 2 rings (SSSR count). The second kappa shape index (κ2) is 3.69. The summed E-state index contributed by atoms with van der Waals surface area (Å²) < 4.78 is 41.9. The molecule has 1 heterocycles. The molecule has 1 aromatic heterocycles. The molecule has 2 aromatic rings. The van der Waals surface area contributed by atoms with Gasteiger partial charge in [-0.2, -0.15) is 13.2 Å². The molecule has 3 N–H and O–H groups in total. The second-order valence-electron chi connectivity index (χ2n) is 3.34. The third-order valence-corrected chi connectivity index (χ3v) is 2.13. The van der Waals surface area contributed by atoms with Gasteiger partial charge >= 0.3 is 6.18 Å². The molecule has 0 fully saturated rings. The van der Waals surface area contributed by atoms with Crippen LogP contribution in [0, 0.1) is 0 Å². The lowest BCUT2D eigenvalue weighted by molar-refractivity contribution is -0.137. The average molecular weight is 244 g/mol. The lowest BCUT2D eigenvalue weighted by Crippen LogP contribution is -2.04. The molecular formula is C10H7F3N2O2.